The summed E-state index contributed by atoms with van der Waals surface area (Å²) in [6.45, 7) is 4.88. The number of aryl methyl sites for hydroxylation is 3. The van der Waals surface area contributed by atoms with Gasteiger partial charge in [-0.15, -0.1) is 0 Å². The normalized spacial score (nSPS) is 15.2. The van der Waals surface area contributed by atoms with Crippen LogP contribution in [0.25, 0.3) is 0 Å². The van der Waals surface area contributed by atoms with Gasteiger partial charge in [0.05, 0.1) is 23.3 Å². The molecule has 7 heteroatoms. The molecule has 0 radical (unpaired) electrons. The minimum atomic E-state index is 0.589. The summed E-state index contributed by atoms with van der Waals surface area (Å²) in [5, 5.41) is 5.16. The molecule has 1 aromatic rings. The lowest BCUT2D eigenvalue weighted by Crippen LogP contribution is -2.44. The highest BCUT2D eigenvalue weighted by molar-refractivity contribution is 5.78. The first-order valence-electron chi connectivity index (χ1n) is 5.96. The molecule has 0 amide bonds. The zero-order valence-corrected chi connectivity index (χ0v) is 10.7. The fourth-order valence-electron chi connectivity index (χ4n) is 2.00. The number of hydrogen-bond acceptors (Lipinski definition) is 6. The Morgan fingerprint density at radius 1 is 1.44 bits per heavy atom. The molecular weight excluding hydrogens is 230 g/mol. The van der Waals surface area contributed by atoms with Crippen molar-refractivity contribution in [2.45, 2.75) is 33.2 Å². The maximum atomic E-state index is 5.85. The van der Waals surface area contributed by atoms with E-state index >= 15 is 0 Å². The maximum Gasteiger partial charge on any atom is 0.108 e. The Morgan fingerprint density at radius 2 is 2.22 bits per heavy atom. The second-order valence-corrected chi connectivity index (χ2v) is 4.23. The molecule has 2 heterocycles. The molecule has 1 aliphatic heterocycles. The number of nitrogens with one attached hydrogen (secondary N) is 1. The second-order valence-electron chi connectivity index (χ2n) is 4.23. The van der Waals surface area contributed by atoms with Crippen LogP contribution in [-0.4, -0.2) is 20.9 Å². The Labute approximate surface area is 106 Å². The van der Waals surface area contributed by atoms with Crippen molar-refractivity contribution in [2.24, 2.45) is 16.7 Å². The lowest BCUT2D eigenvalue weighted by atomic mass is 10.2. The van der Waals surface area contributed by atoms with Crippen LogP contribution in [0, 0.1) is 6.92 Å². The third kappa shape index (κ3) is 2.45. The van der Waals surface area contributed by atoms with Gasteiger partial charge in [0, 0.05) is 25.6 Å². The number of rotatable bonds is 4. The van der Waals surface area contributed by atoms with Gasteiger partial charge in [0.15, 0.2) is 0 Å². The lowest BCUT2D eigenvalue weighted by Gasteiger charge is -2.25. The topological polar surface area (TPSA) is 97.5 Å². The highest BCUT2D eigenvalue weighted by atomic mass is 15.8. The first-order chi connectivity index (χ1) is 8.61. The van der Waals surface area contributed by atoms with Crippen molar-refractivity contribution in [2.75, 3.05) is 0 Å². The summed E-state index contributed by atoms with van der Waals surface area (Å²) in [6, 6.07) is 0. The van der Waals surface area contributed by atoms with E-state index in [-0.39, 0.29) is 0 Å². The Bertz CT molecular complexity index is 486. The molecule has 0 atom stereocenters. The minimum Gasteiger partial charge on any atom is -0.396 e. The number of nitrogens with zero attached hydrogens (tertiary/aromatic N) is 4. The predicted octanol–water partition coefficient (Wildman–Crippen LogP) is -0.00598. The standard InChI is InChI=1S/C11H19N7/c1-3-11-15-8(2)7-17(11)5-4-10-9(12)6-14-16-18(10)13/h6-7,16H,3-5,12-13H2,1-2H3. The van der Waals surface area contributed by atoms with Crippen molar-refractivity contribution in [1.82, 2.24) is 20.2 Å². The van der Waals surface area contributed by atoms with E-state index in [4.69, 9.17) is 11.6 Å². The quantitative estimate of drug-likeness (QED) is 0.652. The molecule has 0 saturated heterocycles. The summed E-state index contributed by atoms with van der Waals surface area (Å²) < 4.78 is 2.13. The number of allylic oxidation sites excluding steroid dienone is 2. The van der Waals surface area contributed by atoms with Crippen LogP contribution in [0.15, 0.2) is 22.7 Å². The Kier molecular flexibility index (Phi) is 3.52. The minimum absolute atomic E-state index is 0.589. The van der Waals surface area contributed by atoms with Gasteiger partial charge >= 0.3 is 0 Å². The van der Waals surface area contributed by atoms with Crippen LogP contribution >= 0.6 is 0 Å². The van der Waals surface area contributed by atoms with Crippen LogP contribution in [0.3, 0.4) is 0 Å². The summed E-state index contributed by atoms with van der Waals surface area (Å²) in [5.41, 5.74) is 11.0. The van der Waals surface area contributed by atoms with E-state index in [0.29, 0.717) is 5.70 Å². The van der Waals surface area contributed by atoms with Crippen LogP contribution in [0.1, 0.15) is 24.9 Å². The van der Waals surface area contributed by atoms with E-state index in [1.807, 2.05) is 13.1 Å². The third-order valence-electron chi connectivity index (χ3n) is 2.88. The number of nitrogens with two attached hydrogens (primary N) is 2. The van der Waals surface area contributed by atoms with E-state index in [1.165, 1.54) is 5.12 Å². The molecule has 1 aromatic heterocycles. The number of hydrogen-bond donors (Lipinski definition) is 3. The van der Waals surface area contributed by atoms with Gasteiger partial charge in [-0.05, 0) is 6.92 Å². The summed E-state index contributed by atoms with van der Waals surface area (Å²) in [4.78, 5) is 4.46. The first-order valence-corrected chi connectivity index (χ1v) is 5.96. The molecule has 98 valence electrons. The van der Waals surface area contributed by atoms with Crippen LogP contribution in [0.2, 0.25) is 0 Å². The molecule has 0 unspecified atom stereocenters. The zero-order chi connectivity index (χ0) is 13.1. The van der Waals surface area contributed by atoms with Crippen LogP contribution in [-0.2, 0) is 13.0 Å². The molecule has 7 nitrogen and oxygen atoms in total. The Hall–Kier alpha value is -2.02. The van der Waals surface area contributed by atoms with Gasteiger partial charge in [0.1, 0.15) is 5.82 Å². The molecule has 2 rings (SSSR count). The SMILES string of the molecule is CCc1nc(C)cn1CCC1=C(N)C=NNN1N. The molecule has 0 saturated carbocycles. The molecule has 0 bridgehead atoms. The fourth-order valence-corrected chi connectivity index (χ4v) is 2.00. The molecule has 0 aromatic carbocycles. The summed E-state index contributed by atoms with van der Waals surface area (Å²) in [5.74, 6) is 6.83. The average molecular weight is 249 g/mol. The van der Waals surface area contributed by atoms with Gasteiger partial charge in [-0.2, -0.15) is 5.10 Å². The number of aromatic nitrogens is 2. The number of hydrazine groups is 2. The van der Waals surface area contributed by atoms with Crippen molar-refractivity contribution in [3.8, 4) is 0 Å². The van der Waals surface area contributed by atoms with Gasteiger partial charge < -0.3 is 10.3 Å². The van der Waals surface area contributed by atoms with Crippen molar-refractivity contribution in [3.63, 3.8) is 0 Å². The van der Waals surface area contributed by atoms with Crippen molar-refractivity contribution in [1.29, 1.82) is 0 Å². The van der Waals surface area contributed by atoms with E-state index < -0.39 is 0 Å². The van der Waals surface area contributed by atoms with Crippen LogP contribution < -0.4 is 17.1 Å². The smallest absolute Gasteiger partial charge is 0.108 e. The molecule has 0 aliphatic carbocycles. The molecule has 5 N–H and O–H groups in total. The van der Waals surface area contributed by atoms with Gasteiger partial charge in [0.25, 0.3) is 0 Å². The summed E-state index contributed by atoms with van der Waals surface area (Å²) in [6.07, 6.45) is 5.25. The van der Waals surface area contributed by atoms with Gasteiger partial charge in [0.2, 0.25) is 0 Å². The summed E-state index contributed by atoms with van der Waals surface area (Å²) in [7, 11) is 0. The molecule has 0 spiro atoms. The van der Waals surface area contributed by atoms with E-state index in [2.05, 4.69) is 27.1 Å². The van der Waals surface area contributed by atoms with Crippen molar-refractivity contribution >= 4 is 6.21 Å². The van der Waals surface area contributed by atoms with Gasteiger partial charge in [-0.1, -0.05) is 6.92 Å². The van der Waals surface area contributed by atoms with Crippen molar-refractivity contribution < 1.29 is 0 Å². The van der Waals surface area contributed by atoms with E-state index in [9.17, 15) is 0 Å². The lowest BCUT2D eigenvalue weighted by molar-refractivity contribution is 0.240. The van der Waals surface area contributed by atoms with Crippen LogP contribution in [0.4, 0.5) is 0 Å². The highest BCUT2D eigenvalue weighted by Crippen LogP contribution is 2.12. The molecular formula is C11H19N7. The van der Waals surface area contributed by atoms with E-state index in [1.54, 1.807) is 6.21 Å². The summed E-state index contributed by atoms with van der Waals surface area (Å²) >= 11 is 0. The predicted molar refractivity (Wildman–Crippen MR) is 69.8 cm³/mol. The monoisotopic (exact) mass is 249 g/mol. The Balaban J connectivity index is 2.09. The molecule has 1 aliphatic rings. The highest BCUT2D eigenvalue weighted by Gasteiger charge is 2.13. The largest absolute Gasteiger partial charge is 0.396 e. The average Bonchev–Trinajstić information content (AvgIpc) is 2.69. The Morgan fingerprint density at radius 3 is 2.89 bits per heavy atom. The zero-order valence-electron chi connectivity index (χ0n) is 10.7. The van der Waals surface area contributed by atoms with Gasteiger partial charge in [-0.3, -0.25) is 0 Å². The van der Waals surface area contributed by atoms with Gasteiger partial charge in [-0.25, -0.2) is 21.5 Å². The maximum absolute atomic E-state index is 5.85. The first kappa shape index (κ1) is 12.4. The van der Waals surface area contributed by atoms with Crippen molar-refractivity contribution in [3.05, 3.63) is 29.1 Å². The molecule has 18 heavy (non-hydrogen) atoms. The number of hydrazone groups is 1. The third-order valence-corrected chi connectivity index (χ3v) is 2.88. The van der Waals surface area contributed by atoms with E-state index in [0.717, 1.165) is 36.6 Å². The second kappa shape index (κ2) is 5.09. The van der Waals surface area contributed by atoms with Crippen LogP contribution in [0.5, 0.6) is 0 Å². The number of imidazole rings is 1. The molecule has 0 fully saturated rings. The fraction of sp³-hybridized carbons (Fsp3) is 0.455.